The van der Waals surface area contributed by atoms with Crippen LogP contribution < -0.4 is 5.32 Å². The fourth-order valence-corrected chi connectivity index (χ4v) is 1.03. The van der Waals surface area contributed by atoms with E-state index in [0.717, 1.165) is 0 Å². The number of anilines is 1. The predicted octanol–water partition coefficient (Wildman–Crippen LogP) is 1.30. The van der Waals surface area contributed by atoms with E-state index in [-0.39, 0.29) is 5.69 Å². The number of carbonyl (C=O) groups excluding carboxylic acids is 1. The molecular formula is C10H16N2O4. The maximum atomic E-state index is 11.2. The number of rotatable bonds is 7. The molecular weight excluding hydrogens is 212 g/mol. The summed E-state index contributed by atoms with van der Waals surface area (Å²) >= 11 is 0. The molecule has 0 aromatic carbocycles. The summed E-state index contributed by atoms with van der Waals surface area (Å²) < 4.78 is 14.9. The lowest BCUT2D eigenvalue weighted by Crippen LogP contribution is -2.10. The zero-order valence-electron chi connectivity index (χ0n) is 9.49. The van der Waals surface area contributed by atoms with Gasteiger partial charge in [0.15, 0.2) is 5.69 Å². The molecule has 1 rings (SSSR count). The van der Waals surface area contributed by atoms with Gasteiger partial charge in [0.25, 0.3) is 6.01 Å². The Balaban J connectivity index is 2.36. The van der Waals surface area contributed by atoms with Crippen LogP contribution in [-0.4, -0.2) is 37.3 Å². The van der Waals surface area contributed by atoms with E-state index in [1.165, 1.54) is 6.26 Å². The minimum atomic E-state index is -0.482. The Morgan fingerprint density at radius 1 is 1.50 bits per heavy atom. The lowest BCUT2D eigenvalue weighted by Gasteiger charge is -2.00. The monoisotopic (exact) mass is 228 g/mol. The molecule has 0 aliphatic heterocycles. The number of hydrogen-bond donors (Lipinski definition) is 1. The van der Waals surface area contributed by atoms with Crippen LogP contribution in [0.15, 0.2) is 10.7 Å². The molecule has 0 unspecified atom stereocenters. The van der Waals surface area contributed by atoms with Gasteiger partial charge in [0, 0.05) is 13.2 Å². The molecule has 0 aliphatic carbocycles. The summed E-state index contributed by atoms with van der Waals surface area (Å²) in [5.41, 5.74) is 0.167. The Morgan fingerprint density at radius 3 is 3.00 bits per heavy atom. The van der Waals surface area contributed by atoms with Crippen LogP contribution in [0.2, 0.25) is 0 Å². The van der Waals surface area contributed by atoms with Crippen molar-refractivity contribution >= 4 is 12.0 Å². The van der Waals surface area contributed by atoms with Crippen molar-refractivity contribution < 1.29 is 18.7 Å². The zero-order chi connectivity index (χ0) is 11.8. The first-order valence-electron chi connectivity index (χ1n) is 5.22. The molecule has 0 amide bonds. The fourth-order valence-electron chi connectivity index (χ4n) is 1.03. The molecule has 0 saturated heterocycles. The minimum Gasteiger partial charge on any atom is -0.461 e. The van der Waals surface area contributed by atoms with E-state index in [1.54, 1.807) is 6.92 Å². The van der Waals surface area contributed by atoms with Crippen LogP contribution in [0, 0.1) is 0 Å². The minimum absolute atomic E-state index is 0.167. The number of hydrogen-bond acceptors (Lipinski definition) is 6. The van der Waals surface area contributed by atoms with Crippen molar-refractivity contribution in [2.75, 3.05) is 31.7 Å². The van der Waals surface area contributed by atoms with E-state index >= 15 is 0 Å². The highest BCUT2D eigenvalue weighted by molar-refractivity contribution is 5.87. The van der Waals surface area contributed by atoms with Crippen LogP contribution in [0.5, 0.6) is 0 Å². The molecule has 0 atom stereocenters. The van der Waals surface area contributed by atoms with Gasteiger partial charge in [-0.05, 0) is 13.8 Å². The van der Waals surface area contributed by atoms with Crippen LogP contribution in [-0.2, 0) is 9.47 Å². The molecule has 16 heavy (non-hydrogen) atoms. The highest BCUT2D eigenvalue weighted by Crippen LogP contribution is 2.08. The standard InChI is InChI=1S/C10H16N2O4/c1-3-14-6-5-11-10-12-8(7-16-10)9(13)15-4-2/h7H,3-6H2,1-2H3,(H,11,12). The number of nitrogens with zero attached hydrogens (tertiary/aromatic N) is 1. The number of ether oxygens (including phenoxy) is 2. The Morgan fingerprint density at radius 2 is 2.31 bits per heavy atom. The summed E-state index contributed by atoms with van der Waals surface area (Å²) in [5, 5.41) is 2.89. The maximum absolute atomic E-state index is 11.2. The fraction of sp³-hybridized carbons (Fsp3) is 0.600. The van der Waals surface area contributed by atoms with Gasteiger partial charge in [-0.1, -0.05) is 0 Å². The van der Waals surface area contributed by atoms with Crippen LogP contribution in [0.1, 0.15) is 24.3 Å². The lowest BCUT2D eigenvalue weighted by atomic mass is 10.5. The molecule has 0 fully saturated rings. The number of nitrogens with one attached hydrogen (secondary N) is 1. The van der Waals surface area contributed by atoms with Gasteiger partial charge in [-0.2, -0.15) is 4.98 Å². The number of aromatic nitrogens is 1. The average molecular weight is 228 g/mol. The van der Waals surface area contributed by atoms with E-state index < -0.39 is 5.97 Å². The second-order valence-electron chi connectivity index (χ2n) is 2.88. The molecule has 1 N–H and O–H groups in total. The zero-order valence-corrected chi connectivity index (χ0v) is 9.49. The van der Waals surface area contributed by atoms with E-state index in [9.17, 15) is 4.79 Å². The second-order valence-corrected chi connectivity index (χ2v) is 2.88. The van der Waals surface area contributed by atoms with Gasteiger partial charge in [-0.15, -0.1) is 0 Å². The third-order valence-electron chi connectivity index (χ3n) is 1.72. The third kappa shape index (κ3) is 3.90. The van der Waals surface area contributed by atoms with E-state index in [0.29, 0.717) is 32.4 Å². The van der Waals surface area contributed by atoms with Gasteiger partial charge in [0.1, 0.15) is 6.26 Å². The van der Waals surface area contributed by atoms with Crippen LogP contribution in [0.25, 0.3) is 0 Å². The Kier molecular flexibility index (Phi) is 5.35. The van der Waals surface area contributed by atoms with Gasteiger partial charge in [0.2, 0.25) is 0 Å². The smallest absolute Gasteiger partial charge is 0.360 e. The molecule has 0 spiro atoms. The quantitative estimate of drug-likeness (QED) is 0.560. The molecule has 90 valence electrons. The number of oxazole rings is 1. The van der Waals surface area contributed by atoms with Gasteiger partial charge in [0.05, 0.1) is 13.2 Å². The number of esters is 1. The van der Waals surface area contributed by atoms with Gasteiger partial charge < -0.3 is 19.2 Å². The number of carbonyl (C=O) groups is 1. The Hall–Kier alpha value is -1.56. The largest absolute Gasteiger partial charge is 0.461 e. The van der Waals surface area contributed by atoms with Crippen molar-refractivity contribution in [2.45, 2.75) is 13.8 Å². The Bertz CT molecular complexity index is 324. The van der Waals surface area contributed by atoms with Crippen molar-refractivity contribution in [1.29, 1.82) is 0 Å². The first-order valence-corrected chi connectivity index (χ1v) is 5.22. The van der Waals surface area contributed by atoms with Crippen molar-refractivity contribution in [3.05, 3.63) is 12.0 Å². The van der Waals surface area contributed by atoms with E-state index in [1.807, 2.05) is 6.92 Å². The molecule has 0 radical (unpaired) electrons. The molecule has 6 heteroatoms. The summed E-state index contributed by atoms with van der Waals surface area (Å²) in [4.78, 5) is 15.2. The predicted molar refractivity (Wildman–Crippen MR) is 57.4 cm³/mol. The van der Waals surface area contributed by atoms with Crippen LogP contribution in [0.3, 0.4) is 0 Å². The lowest BCUT2D eigenvalue weighted by molar-refractivity contribution is 0.0519. The van der Waals surface area contributed by atoms with Crippen molar-refractivity contribution in [3.8, 4) is 0 Å². The average Bonchev–Trinajstić information content (AvgIpc) is 2.73. The third-order valence-corrected chi connectivity index (χ3v) is 1.72. The first-order chi connectivity index (χ1) is 7.77. The molecule has 0 saturated carbocycles. The van der Waals surface area contributed by atoms with Crippen LogP contribution in [0.4, 0.5) is 6.01 Å². The van der Waals surface area contributed by atoms with Crippen molar-refractivity contribution in [3.63, 3.8) is 0 Å². The highest BCUT2D eigenvalue weighted by Gasteiger charge is 2.12. The normalized spacial score (nSPS) is 10.1. The molecule has 0 aliphatic rings. The molecule has 1 heterocycles. The van der Waals surface area contributed by atoms with Crippen molar-refractivity contribution in [1.82, 2.24) is 4.98 Å². The molecule has 0 bridgehead atoms. The van der Waals surface area contributed by atoms with E-state index in [4.69, 9.17) is 13.9 Å². The molecule has 6 nitrogen and oxygen atoms in total. The highest BCUT2D eigenvalue weighted by atomic mass is 16.5. The summed E-state index contributed by atoms with van der Waals surface area (Å²) in [6.07, 6.45) is 1.26. The summed E-state index contributed by atoms with van der Waals surface area (Å²) in [7, 11) is 0. The molecule has 1 aromatic heterocycles. The maximum Gasteiger partial charge on any atom is 0.360 e. The summed E-state index contributed by atoms with van der Waals surface area (Å²) in [5.74, 6) is -0.482. The van der Waals surface area contributed by atoms with Gasteiger partial charge >= 0.3 is 5.97 Å². The topological polar surface area (TPSA) is 73.6 Å². The van der Waals surface area contributed by atoms with Gasteiger partial charge in [-0.3, -0.25) is 0 Å². The summed E-state index contributed by atoms with van der Waals surface area (Å²) in [6.45, 7) is 5.79. The van der Waals surface area contributed by atoms with Crippen molar-refractivity contribution in [2.24, 2.45) is 0 Å². The summed E-state index contributed by atoms with van der Waals surface area (Å²) in [6, 6.07) is 0.294. The SMILES string of the molecule is CCOCCNc1nc(C(=O)OCC)co1. The van der Waals surface area contributed by atoms with Crippen LogP contribution >= 0.6 is 0 Å². The van der Waals surface area contributed by atoms with Gasteiger partial charge in [-0.25, -0.2) is 4.79 Å². The van der Waals surface area contributed by atoms with E-state index in [2.05, 4.69) is 10.3 Å². The Labute approximate surface area is 93.9 Å². The molecule has 1 aromatic rings. The first kappa shape index (κ1) is 12.5. The second kappa shape index (κ2) is 6.84.